The first kappa shape index (κ1) is 8.90. The van der Waals surface area contributed by atoms with Crippen LogP contribution in [0.25, 0.3) is 0 Å². The molecule has 0 bridgehead atoms. The Balaban J connectivity index is 2.42. The second-order valence-electron chi connectivity index (χ2n) is 2.65. The lowest BCUT2D eigenvalue weighted by Crippen LogP contribution is -2.48. The van der Waals surface area contributed by atoms with Crippen molar-refractivity contribution in [3.8, 4) is 0 Å². The van der Waals surface area contributed by atoms with Crippen LogP contribution in [0.2, 0.25) is 0 Å². The molecule has 0 aromatic carbocycles. The van der Waals surface area contributed by atoms with E-state index < -0.39 is 12.3 Å². The lowest BCUT2D eigenvalue weighted by molar-refractivity contribution is -0.185. The summed E-state index contributed by atoms with van der Waals surface area (Å²) in [4.78, 5) is 0. The molecular formula is C7H13FO3. The fourth-order valence-electron chi connectivity index (χ4n) is 1.08. The van der Waals surface area contributed by atoms with E-state index in [1.807, 2.05) is 0 Å². The van der Waals surface area contributed by atoms with Crippen molar-refractivity contribution in [2.75, 3.05) is 40.2 Å². The highest BCUT2D eigenvalue weighted by atomic mass is 19.1. The van der Waals surface area contributed by atoms with Crippen molar-refractivity contribution in [3.63, 3.8) is 0 Å². The van der Waals surface area contributed by atoms with Gasteiger partial charge in [-0.25, -0.2) is 4.39 Å². The molecule has 66 valence electrons. The molecule has 1 atom stereocenters. The van der Waals surface area contributed by atoms with E-state index in [4.69, 9.17) is 14.2 Å². The first-order chi connectivity index (χ1) is 5.33. The number of ether oxygens (including phenoxy) is 3. The maximum absolute atomic E-state index is 12.4. The maximum atomic E-state index is 12.4. The minimum absolute atomic E-state index is 0.253. The molecule has 0 radical (unpaired) electrons. The third kappa shape index (κ3) is 2.12. The minimum atomic E-state index is -0.840. The Kier molecular flexibility index (Phi) is 3.23. The Morgan fingerprint density at radius 2 is 2.36 bits per heavy atom. The van der Waals surface area contributed by atoms with Crippen molar-refractivity contribution in [1.29, 1.82) is 0 Å². The van der Waals surface area contributed by atoms with Gasteiger partial charge in [0, 0.05) is 7.11 Å². The third-order valence-electron chi connectivity index (χ3n) is 1.65. The van der Waals surface area contributed by atoms with Crippen molar-refractivity contribution in [3.05, 3.63) is 0 Å². The normalized spacial score (nSPS) is 32.2. The molecule has 1 aliphatic rings. The Morgan fingerprint density at radius 1 is 1.55 bits per heavy atom. The second kappa shape index (κ2) is 3.99. The number of hydrogen-bond donors (Lipinski definition) is 0. The van der Waals surface area contributed by atoms with Gasteiger partial charge in [0.25, 0.3) is 0 Å². The molecule has 3 nitrogen and oxygen atoms in total. The van der Waals surface area contributed by atoms with E-state index in [0.29, 0.717) is 13.2 Å². The Morgan fingerprint density at radius 3 is 2.82 bits per heavy atom. The summed E-state index contributed by atoms with van der Waals surface area (Å²) in [5.74, 6) is 0. The number of halogens is 1. The smallest absolute Gasteiger partial charge is 0.143 e. The molecule has 11 heavy (non-hydrogen) atoms. The zero-order valence-electron chi connectivity index (χ0n) is 6.64. The lowest BCUT2D eigenvalue weighted by atomic mass is 10.1. The predicted molar refractivity (Wildman–Crippen MR) is 37.4 cm³/mol. The van der Waals surface area contributed by atoms with Gasteiger partial charge in [-0.3, -0.25) is 0 Å². The van der Waals surface area contributed by atoms with E-state index in [1.165, 1.54) is 7.11 Å². The standard InChI is InChI=1S/C7H13FO3/c1-9-5-7(4-8)6-10-2-3-11-7/h2-6H2,1H3. The SMILES string of the molecule is COCC1(CF)COCCO1. The number of hydrogen-bond acceptors (Lipinski definition) is 3. The molecule has 0 saturated carbocycles. The zero-order valence-corrected chi connectivity index (χ0v) is 6.64. The van der Waals surface area contributed by atoms with Crippen molar-refractivity contribution in [1.82, 2.24) is 0 Å². The first-order valence-electron chi connectivity index (χ1n) is 3.59. The molecule has 1 heterocycles. The molecule has 1 unspecified atom stereocenters. The second-order valence-corrected chi connectivity index (χ2v) is 2.65. The average molecular weight is 164 g/mol. The summed E-state index contributed by atoms with van der Waals surface area (Å²) < 4.78 is 27.6. The highest BCUT2D eigenvalue weighted by molar-refractivity contribution is 4.81. The quantitative estimate of drug-likeness (QED) is 0.603. The molecule has 0 aliphatic carbocycles. The lowest BCUT2D eigenvalue weighted by Gasteiger charge is -2.33. The van der Waals surface area contributed by atoms with Crippen LogP contribution in [0.5, 0.6) is 0 Å². The first-order valence-corrected chi connectivity index (χ1v) is 3.59. The van der Waals surface area contributed by atoms with Crippen LogP contribution in [-0.4, -0.2) is 45.8 Å². The summed E-state index contributed by atoms with van der Waals surface area (Å²) in [5, 5.41) is 0. The van der Waals surface area contributed by atoms with Crippen molar-refractivity contribution < 1.29 is 18.6 Å². The molecule has 0 aromatic rings. The Labute approximate surface area is 65.4 Å². The number of rotatable bonds is 3. The van der Waals surface area contributed by atoms with Crippen LogP contribution in [0.3, 0.4) is 0 Å². The van der Waals surface area contributed by atoms with Crippen LogP contribution in [0.4, 0.5) is 4.39 Å². The van der Waals surface area contributed by atoms with Crippen LogP contribution in [0.15, 0.2) is 0 Å². The molecule has 0 spiro atoms. The van der Waals surface area contributed by atoms with Gasteiger partial charge >= 0.3 is 0 Å². The van der Waals surface area contributed by atoms with Crippen LogP contribution < -0.4 is 0 Å². The van der Waals surface area contributed by atoms with Crippen LogP contribution in [0.1, 0.15) is 0 Å². The summed E-state index contributed by atoms with van der Waals surface area (Å²) in [5.41, 5.74) is -0.840. The molecular weight excluding hydrogens is 151 g/mol. The molecule has 1 rings (SSSR count). The molecule has 1 aliphatic heterocycles. The van der Waals surface area contributed by atoms with Gasteiger partial charge in [0.1, 0.15) is 12.3 Å². The van der Waals surface area contributed by atoms with E-state index in [-0.39, 0.29) is 13.2 Å². The molecule has 4 heteroatoms. The van der Waals surface area contributed by atoms with Gasteiger partial charge in [-0.2, -0.15) is 0 Å². The van der Waals surface area contributed by atoms with Gasteiger partial charge in [0.2, 0.25) is 0 Å². The van der Waals surface area contributed by atoms with Gasteiger partial charge < -0.3 is 14.2 Å². The Bertz CT molecular complexity index is 107. The van der Waals surface area contributed by atoms with Crippen LogP contribution in [-0.2, 0) is 14.2 Å². The summed E-state index contributed by atoms with van der Waals surface area (Å²) in [6, 6.07) is 0. The summed E-state index contributed by atoms with van der Waals surface area (Å²) in [6.07, 6.45) is 0. The molecule has 1 fully saturated rings. The highest BCUT2D eigenvalue weighted by Crippen LogP contribution is 2.16. The van der Waals surface area contributed by atoms with Gasteiger partial charge in [0.15, 0.2) is 0 Å². The Hall–Kier alpha value is -0.190. The fraction of sp³-hybridized carbons (Fsp3) is 1.00. The molecule has 0 amide bonds. The predicted octanol–water partition coefficient (Wildman–Crippen LogP) is 0.388. The zero-order chi connectivity index (χ0) is 8.16. The molecule has 0 N–H and O–H groups in total. The van der Waals surface area contributed by atoms with Crippen molar-refractivity contribution in [2.24, 2.45) is 0 Å². The van der Waals surface area contributed by atoms with Crippen LogP contribution >= 0.6 is 0 Å². The van der Waals surface area contributed by atoms with Crippen molar-refractivity contribution in [2.45, 2.75) is 5.60 Å². The van der Waals surface area contributed by atoms with E-state index in [2.05, 4.69) is 0 Å². The largest absolute Gasteiger partial charge is 0.381 e. The monoisotopic (exact) mass is 164 g/mol. The van der Waals surface area contributed by atoms with Gasteiger partial charge in [-0.1, -0.05) is 0 Å². The van der Waals surface area contributed by atoms with Gasteiger partial charge in [-0.05, 0) is 0 Å². The van der Waals surface area contributed by atoms with Crippen molar-refractivity contribution >= 4 is 0 Å². The van der Waals surface area contributed by atoms with E-state index in [0.717, 1.165) is 0 Å². The number of methoxy groups -OCH3 is 1. The highest BCUT2D eigenvalue weighted by Gasteiger charge is 2.34. The third-order valence-corrected chi connectivity index (χ3v) is 1.65. The fourth-order valence-corrected chi connectivity index (χ4v) is 1.08. The van der Waals surface area contributed by atoms with E-state index in [9.17, 15) is 4.39 Å². The van der Waals surface area contributed by atoms with Gasteiger partial charge in [-0.15, -0.1) is 0 Å². The summed E-state index contributed by atoms with van der Waals surface area (Å²) >= 11 is 0. The minimum Gasteiger partial charge on any atom is -0.381 e. The number of alkyl halides is 1. The summed E-state index contributed by atoms with van der Waals surface area (Å²) in [7, 11) is 1.52. The molecule has 1 saturated heterocycles. The summed E-state index contributed by atoms with van der Waals surface area (Å²) in [6.45, 7) is 0.987. The van der Waals surface area contributed by atoms with Crippen LogP contribution in [0, 0.1) is 0 Å². The van der Waals surface area contributed by atoms with E-state index in [1.54, 1.807) is 0 Å². The maximum Gasteiger partial charge on any atom is 0.143 e. The molecule has 0 aromatic heterocycles. The average Bonchev–Trinajstić information content (AvgIpc) is 2.07. The topological polar surface area (TPSA) is 27.7 Å². The van der Waals surface area contributed by atoms with Gasteiger partial charge in [0.05, 0.1) is 26.4 Å². The van der Waals surface area contributed by atoms with E-state index >= 15 is 0 Å².